The predicted molar refractivity (Wildman–Crippen MR) is 77.5 cm³/mol. The van der Waals surface area contributed by atoms with Crippen molar-refractivity contribution in [2.45, 2.75) is 13.5 Å². The molecule has 0 amide bonds. The lowest BCUT2D eigenvalue weighted by Gasteiger charge is -2.34. The number of piperazine rings is 1. The standard InChI is InChI=1S/C13H21ClN2OS/c1-2-17-10-9-15-5-7-16(8-6-15)11-12-3-4-13(14)18-12/h3-4H,2,5-11H2,1H3. The summed E-state index contributed by atoms with van der Waals surface area (Å²) in [4.78, 5) is 6.34. The monoisotopic (exact) mass is 288 g/mol. The zero-order valence-corrected chi connectivity index (χ0v) is 12.5. The van der Waals surface area contributed by atoms with Crippen molar-refractivity contribution in [3.05, 3.63) is 21.3 Å². The highest BCUT2D eigenvalue weighted by Crippen LogP contribution is 2.23. The Labute approximate surface area is 118 Å². The van der Waals surface area contributed by atoms with Crippen LogP contribution in [-0.2, 0) is 11.3 Å². The fraction of sp³-hybridized carbons (Fsp3) is 0.692. The summed E-state index contributed by atoms with van der Waals surface area (Å²) in [5.41, 5.74) is 0. The lowest BCUT2D eigenvalue weighted by atomic mass is 10.3. The van der Waals surface area contributed by atoms with Crippen molar-refractivity contribution in [2.75, 3.05) is 45.9 Å². The SMILES string of the molecule is CCOCCN1CCN(Cc2ccc(Cl)s2)CC1. The van der Waals surface area contributed by atoms with Gasteiger partial charge >= 0.3 is 0 Å². The largest absolute Gasteiger partial charge is 0.380 e. The van der Waals surface area contributed by atoms with Gasteiger partial charge in [-0.05, 0) is 19.1 Å². The van der Waals surface area contributed by atoms with Crippen LogP contribution in [0.5, 0.6) is 0 Å². The summed E-state index contributed by atoms with van der Waals surface area (Å²) in [6, 6.07) is 4.12. The van der Waals surface area contributed by atoms with Crippen LogP contribution in [0.15, 0.2) is 12.1 Å². The number of rotatable bonds is 6. The third-order valence-corrected chi connectivity index (χ3v) is 4.45. The first-order chi connectivity index (χ1) is 8.78. The topological polar surface area (TPSA) is 15.7 Å². The molecule has 1 aromatic rings. The Bertz CT molecular complexity index is 351. The Morgan fingerprint density at radius 1 is 1.22 bits per heavy atom. The molecular formula is C13H21ClN2OS. The van der Waals surface area contributed by atoms with Gasteiger partial charge < -0.3 is 4.74 Å². The van der Waals surface area contributed by atoms with Gasteiger partial charge in [-0.15, -0.1) is 11.3 Å². The second-order valence-corrected chi connectivity index (χ2v) is 6.32. The van der Waals surface area contributed by atoms with Crippen molar-refractivity contribution in [2.24, 2.45) is 0 Å². The van der Waals surface area contributed by atoms with Gasteiger partial charge in [-0.25, -0.2) is 0 Å². The molecule has 5 heteroatoms. The van der Waals surface area contributed by atoms with Crippen LogP contribution in [0.4, 0.5) is 0 Å². The zero-order valence-electron chi connectivity index (χ0n) is 10.9. The highest BCUT2D eigenvalue weighted by molar-refractivity contribution is 7.16. The fourth-order valence-corrected chi connectivity index (χ4v) is 3.30. The van der Waals surface area contributed by atoms with Crippen molar-refractivity contribution >= 4 is 22.9 Å². The summed E-state index contributed by atoms with van der Waals surface area (Å²) >= 11 is 7.64. The normalized spacial score (nSPS) is 18.3. The molecule has 0 aliphatic carbocycles. The Balaban J connectivity index is 1.67. The molecule has 1 saturated heterocycles. The van der Waals surface area contributed by atoms with E-state index in [2.05, 4.69) is 15.9 Å². The van der Waals surface area contributed by atoms with Gasteiger partial charge in [0.1, 0.15) is 0 Å². The second kappa shape index (κ2) is 7.46. The molecule has 0 bridgehead atoms. The number of hydrogen-bond acceptors (Lipinski definition) is 4. The van der Waals surface area contributed by atoms with E-state index < -0.39 is 0 Å². The van der Waals surface area contributed by atoms with Crippen LogP contribution in [0.25, 0.3) is 0 Å². The molecule has 1 aliphatic rings. The first-order valence-electron chi connectivity index (χ1n) is 6.54. The van der Waals surface area contributed by atoms with Crippen LogP contribution in [0, 0.1) is 0 Å². The zero-order chi connectivity index (χ0) is 12.8. The van der Waals surface area contributed by atoms with Gasteiger partial charge in [0, 0.05) is 50.8 Å². The van der Waals surface area contributed by atoms with E-state index in [0.29, 0.717) is 0 Å². The van der Waals surface area contributed by atoms with E-state index in [4.69, 9.17) is 16.3 Å². The van der Waals surface area contributed by atoms with E-state index in [1.807, 2.05) is 13.0 Å². The molecule has 3 nitrogen and oxygen atoms in total. The molecule has 2 heterocycles. The number of halogens is 1. The smallest absolute Gasteiger partial charge is 0.0931 e. The van der Waals surface area contributed by atoms with Crippen molar-refractivity contribution in [3.63, 3.8) is 0 Å². The Hall–Kier alpha value is -0.130. The summed E-state index contributed by atoms with van der Waals surface area (Å²) in [5, 5.41) is 0. The molecule has 102 valence electrons. The van der Waals surface area contributed by atoms with Crippen LogP contribution in [0.2, 0.25) is 4.34 Å². The Kier molecular flexibility index (Phi) is 5.92. The Morgan fingerprint density at radius 3 is 2.56 bits per heavy atom. The average molecular weight is 289 g/mol. The van der Waals surface area contributed by atoms with E-state index in [1.54, 1.807) is 11.3 Å². The number of thiophene rings is 1. The number of ether oxygens (including phenoxy) is 1. The summed E-state index contributed by atoms with van der Waals surface area (Å²) in [6.07, 6.45) is 0. The molecule has 1 aliphatic heterocycles. The lowest BCUT2D eigenvalue weighted by molar-refractivity contribution is 0.0789. The molecule has 0 unspecified atom stereocenters. The maximum absolute atomic E-state index is 5.95. The fourth-order valence-electron chi connectivity index (χ4n) is 2.17. The van der Waals surface area contributed by atoms with Gasteiger partial charge in [0.25, 0.3) is 0 Å². The predicted octanol–water partition coefficient (Wildman–Crippen LogP) is 2.56. The van der Waals surface area contributed by atoms with E-state index in [-0.39, 0.29) is 0 Å². The maximum Gasteiger partial charge on any atom is 0.0931 e. The van der Waals surface area contributed by atoms with Gasteiger partial charge in [-0.1, -0.05) is 11.6 Å². The molecule has 0 atom stereocenters. The molecular weight excluding hydrogens is 268 g/mol. The van der Waals surface area contributed by atoms with Crippen LogP contribution in [0.3, 0.4) is 0 Å². The quantitative estimate of drug-likeness (QED) is 0.748. The first kappa shape index (κ1) is 14.3. The van der Waals surface area contributed by atoms with Crippen molar-refractivity contribution < 1.29 is 4.74 Å². The van der Waals surface area contributed by atoms with Gasteiger partial charge in [-0.2, -0.15) is 0 Å². The minimum absolute atomic E-state index is 0.819. The van der Waals surface area contributed by atoms with Crippen LogP contribution < -0.4 is 0 Å². The molecule has 18 heavy (non-hydrogen) atoms. The highest BCUT2D eigenvalue weighted by atomic mass is 35.5. The van der Waals surface area contributed by atoms with Crippen molar-refractivity contribution in [1.82, 2.24) is 9.80 Å². The van der Waals surface area contributed by atoms with Gasteiger partial charge in [0.2, 0.25) is 0 Å². The van der Waals surface area contributed by atoms with Crippen molar-refractivity contribution in [3.8, 4) is 0 Å². The van der Waals surface area contributed by atoms with E-state index in [1.165, 1.54) is 4.88 Å². The molecule has 1 fully saturated rings. The first-order valence-corrected chi connectivity index (χ1v) is 7.74. The van der Waals surface area contributed by atoms with Crippen LogP contribution in [-0.4, -0.2) is 55.7 Å². The van der Waals surface area contributed by atoms with Gasteiger partial charge in [0.15, 0.2) is 0 Å². The number of hydrogen-bond donors (Lipinski definition) is 0. The van der Waals surface area contributed by atoms with Crippen LogP contribution in [0.1, 0.15) is 11.8 Å². The molecule has 0 saturated carbocycles. The molecule has 0 aromatic carbocycles. The van der Waals surface area contributed by atoms with E-state index >= 15 is 0 Å². The summed E-state index contributed by atoms with van der Waals surface area (Å²) in [7, 11) is 0. The van der Waals surface area contributed by atoms with E-state index in [9.17, 15) is 0 Å². The van der Waals surface area contributed by atoms with Gasteiger partial charge in [-0.3, -0.25) is 9.80 Å². The molecule has 0 N–H and O–H groups in total. The van der Waals surface area contributed by atoms with Crippen LogP contribution >= 0.6 is 22.9 Å². The molecule has 0 spiro atoms. The number of nitrogens with zero attached hydrogens (tertiary/aromatic N) is 2. The maximum atomic E-state index is 5.95. The molecule has 2 rings (SSSR count). The van der Waals surface area contributed by atoms with Crippen molar-refractivity contribution in [1.29, 1.82) is 0 Å². The lowest BCUT2D eigenvalue weighted by Crippen LogP contribution is -2.46. The average Bonchev–Trinajstić information content (AvgIpc) is 2.77. The molecule has 0 radical (unpaired) electrons. The third-order valence-electron chi connectivity index (χ3n) is 3.23. The summed E-state index contributed by atoms with van der Waals surface area (Å²) in [5.74, 6) is 0. The molecule has 1 aromatic heterocycles. The minimum atomic E-state index is 0.819. The van der Waals surface area contributed by atoms with E-state index in [0.717, 1.165) is 56.8 Å². The summed E-state index contributed by atoms with van der Waals surface area (Å²) in [6.45, 7) is 10.4. The Morgan fingerprint density at radius 2 is 1.94 bits per heavy atom. The summed E-state index contributed by atoms with van der Waals surface area (Å²) < 4.78 is 6.28. The third kappa shape index (κ3) is 4.52. The highest BCUT2D eigenvalue weighted by Gasteiger charge is 2.16. The minimum Gasteiger partial charge on any atom is -0.380 e. The second-order valence-electron chi connectivity index (χ2n) is 4.52. The van der Waals surface area contributed by atoms with Gasteiger partial charge in [0.05, 0.1) is 10.9 Å².